The smallest absolute Gasteiger partial charge is 0.143 e. The molecule has 3 heteroatoms. The second-order valence-electron chi connectivity index (χ2n) is 5.31. The molecule has 0 saturated carbocycles. The first-order valence-electron chi connectivity index (χ1n) is 6.68. The van der Waals surface area contributed by atoms with Crippen LogP contribution < -0.4 is 4.74 Å². The van der Waals surface area contributed by atoms with Gasteiger partial charge < -0.3 is 4.74 Å². The van der Waals surface area contributed by atoms with E-state index in [2.05, 4.69) is 31.7 Å². The molecule has 19 heavy (non-hydrogen) atoms. The predicted octanol–water partition coefficient (Wildman–Crippen LogP) is 2.68. The van der Waals surface area contributed by atoms with E-state index < -0.39 is 0 Å². The second kappa shape index (κ2) is 6.71. The van der Waals surface area contributed by atoms with Crippen molar-refractivity contribution in [2.75, 3.05) is 27.2 Å². The van der Waals surface area contributed by atoms with Crippen LogP contribution in [0.3, 0.4) is 0 Å². The van der Waals surface area contributed by atoms with Gasteiger partial charge in [0, 0.05) is 6.54 Å². The molecule has 106 valence electrons. The first-order valence-corrected chi connectivity index (χ1v) is 6.68. The van der Waals surface area contributed by atoms with E-state index in [0.717, 1.165) is 18.7 Å². The lowest BCUT2D eigenvalue weighted by molar-refractivity contribution is -0.117. The summed E-state index contributed by atoms with van der Waals surface area (Å²) in [6.07, 6.45) is 0.965. The Kier molecular flexibility index (Phi) is 5.55. The van der Waals surface area contributed by atoms with E-state index in [4.69, 9.17) is 4.74 Å². The van der Waals surface area contributed by atoms with Crippen LogP contribution in [0.1, 0.15) is 29.2 Å². The van der Waals surface area contributed by atoms with E-state index >= 15 is 0 Å². The summed E-state index contributed by atoms with van der Waals surface area (Å²) in [5.74, 6) is 1.16. The van der Waals surface area contributed by atoms with Gasteiger partial charge in [-0.25, -0.2) is 0 Å². The van der Waals surface area contributed by atoms with Gasteiger partial charge >= 0.3 is 0 Å². The van der Waals surface area contributed by atoms with Gasteiger partial charge in [-0.1, -0.05) is 0 Å². The number of carbonyl (C=O) groups excluding carboxylic acids is 1. The quantitative estimate of drug-likeness (QED) is 0.790. The molecule has 0 N–H and O–H groups in total. The van der Waals surface area contributed by atoms with Crippen LogP contribution in [0.5, 0.6) is 5.75 Å². The largest absolute Gasteiger partial charge is 0.496 e. The Labute approximate surface area is 116 Å². The minimum Gasteiger partial charge on any atom is -0.496 e. The Morgan fingerprint density at radius 2 is 1.89 bits per heavy atom. The number of nitrogens with zero attached hydrogens (tertiary/aromatic N) is 1. The molecule has 0 bridgehead atoms. The number of methoxy groups -OCH3 is 1. The molecular weight excluding hydrogens is 238 g/mol. The van der Waals surface area contributed by atoms with Gasteiger partial charge in [-0.2, -0.15) is 0 Å². The van der Waals surface area contributed by atoms with Crippen LogP contribution >= 0.6 is 0 Å². The van der Waals surface area contributed by atoms with Crippen molar-refractivity contribution < 1.29 is 9.53 Å². The highest BCUT2D eigenvalue weighted by atomic mass is 16.5. The number of hydrogen-bond acceptors (Lipinski definition) is 3. The number of Topliss-reactive ketones (excluding diaryl/α,β-unsaturated/α-hetero) is 1. The molecule has 0 aromatic heterocycles. The van der Waals surface area contributed by atoms with Crippen molar-refractivity contribution in [3.63, 3.8) is 0 Å². The molecule has 3 nitrogen and oxygen atoms in total. The van der Waals surface area contributed by atoms with Crippen molar-refractivity contribution in [1.29, 1.82) is 0 Å². The highest BCUT2D eigenvalue weighted by Gasteiger charge is 2.11. The summed E-state index contributed by atoms with van der Waals surface area (Å²) in [6.45, 7) is 9.40. The van der Waals surface area contributed by atoms with E-state index in [1.807, 2.05) is 7.05 Å². The van der Waals surface area contributed by atoms with Crippen molar-refractivity contribution in [2.45, 2.75) is 34.1 Å². The average molecular weight is 263 g/mol. The summed E-state index contributed by atoms with van der Waals surface area (Å²) >= 11 is 0. The minimum atomic E-state index is 0.210. The van der Waals surface area contributed by atoms with Gasteiger partial charge in [-0.15, -0.1) is 0 Å². The monoisotopic (exact) mass is 263 g/mol. The lowest BCUT2D eigenvalue weighted by Gasteiger charge is -2.19. The summed E-state index contributed by atoms with van der Waals surface area (Å²) in [6, 6.07) is 2.10. The molecular formula is C16H25NO2. The lowest BCUT2D eigenvalue weighted by atomic mass is 9.95. The molecule has 0 saturated heterocycles. The fourth-order valence-corrected chi connectivity index (χ4v) is 2.46. The van der Waals surface area contributed by atoms with Crippen LogP contribution in [0.4, 0.5) is 0 Å². The molecule has 0 unspecified atom stereocenters. The number of ether oxygens (including phenoxy) is 1. The minimum absolute atomic E-state index is 0.210. The molecule has 0 fully saturated rings. The van der Waals surface area contributed by atoms with Crippen molar-refractivity contribution in [2.24, 2.45) is 0 Å². The van der Waals surface area contributed by atoms with Crippen LogP contribution in [0.25, 0.3) is 0 Å². The first-order chi connectivity index (χ1) is 8.86. The fraction of sp³-hybridized carbons (Fsp3) is 0.562. The van der Waals surface area contributed by atoms with Gasteiger partial charge in [-0.05, 0) is 69.5 Å². The number of ketones is 1. The Hall–Kier alpha value is -1.35. The Balaban J connectivity index is 2.84. The van der Waals surface area contributed by atoms with Gasteiger partial charge in [0.1, 0.15) is 11.5 Å². The first kappa shape index (κ1) is 15.7. The van der Waals surface area contributed by atoms with Crippen molar-refractivity contribution >= 4 is 5.78 Å². The molecule has 0 heterocycles. The predicted molar refractivity (Wildman–Crippen MR) is 79.1 cm³/mol. The van der Waals surface area contributed by atoms with E-state index in [-0.39, 0.29) is 5.78 Å². The summed E-state index contributed by atoms with van der Waals surface area (Å²) in [4.78, 5) is 13.1. The van der Waals surface area contributed by atoms with Crippen LogP contribution in [0.2, 0.25) is 0 Å². The molecule has 0 radical (unpaired) electrons. The average Bonchev–Trinajstić information content (AvgIpc) is 2.32. The molecule has 0 aliphatic carbocycles. The Morgan fingerprint density at radius 1 is 1.26 bits per heavy atom. The maximum absolute atomic E-state index is 11.1. The second-order valence-corrected chi connectivity index (χ2v) is 5.31. The lowest BCUT2D eigenvalue weighted by Crippen LogP contribution is -2.27. The molecule has 1 aromatic rings. The number of hydrogen-bond donors (Lipinski definition) is 0. The van der Waals surface area contributed by atoms with Crippen LogP contribution in [-0.4, -0.2) is 37.9 Å². The molecule has 0 spiro atoms. The standard InChI is InChI=1S/C16H25NO2/c1-11-9-16(19-6)14(4)13(3)15(11)7-8-17(5)10-12(2)18/h9H,7-8,10H2,1-6H3. The summed E-state index contributed by atoms with van der Waals surface area (Å²) in [5, 5.41) is 0. The van der Waals surface area contributed by atoms with Crippen LogP contribution in [-0.2, 0) is 11.2 Å². The van der Waals surface area contributed by atoms with Gasteiger partial charge in [0.05, 0.1) is 13.7 Å². The number of benzene rings is 1. The molecule has 1 aromatic carbocycles. The maximum atomic E-state index is 11.1. The third-order valence-corrected chi connectivity index (χ3v) is 3.66. The summed E-state index contributed by atoms with van der Waals surface area (Å²) < 4.78 is 5.38. The maximum Gasteiger partial charge on any atom is 0.143 e. The summed E-state index contributed by atoms with van der Waals surface area (Å²) in [5.41, 5.74) is 5.13. The molecule has 0 aliphatic heterocycles. The number of rotatable bonds is 6. The van der Waals surface area contributed by atoms with Crippen molar-refractivity contribution in [1.82, 2.24) is 4.90 Å². The molecule has 0 amide bonds. The molecule has 0 atom stereocenters. The fourth-order valence-electron chi connectivity index (χ4n) is 2.46. The molecule has 1 rings (SSSR count). The van der Waals surface area contributed by atoms with Crippen LogP contribution in [0.15, 0.2) is 6.07 Å². The zero-order valence-corrected chi connectivity index (χ0v) is 13.0. The highest BCUT2D eigenvalue weighted by Crippen LogP contribution is 2.27. The third kappa shape index (κ3) is 4.06. The summed E-state index contributed by atoms with van der Waals surface area (Å²) in [7, 11) is 3.70. The zero-order valence-electron chi connectivity index (χ0n) is 13.0. The van der Waals surface area contributed by atoms with Gasteiger partial charge in [0.25, 0.3) is 0 Å². The van der Waals surface area contributed by atoms with E-state index in [1.165, 1.54) is 22.3 Å². The normalized spacial score (nSPS) is 10.9. The van der Waals surface area contributed by atoms with Crippen molar-refractivity contribution in [3.8, 4) is 5.75 Å². The number of likely N-dealkylation sites (N-methyl/N-ethyl adjacent to an activating group) is 1. The molecule has 0 aliphatic rings. The van der Waals surface area contributed by atoms with Crippen molar-refractivity contribution in [3.05, 3.63) is 28.3 Å². The number of aryl methyl sites for hydroxylation is 1. The number of carbonyl (C=O) groups is 1. The van der Waals surface area contributed by atoms with E-state index in [9.17, 15) is 4.79 Å². The SMILES string of the molecule is COc1cc(C)c(CCN(C)CC(C)=O)c(C)c1C. The Bertz CT molecular complexity index is 466. The van der Waals surface area contributed by atoms with Gasteiger partial charge in [0.15, 0.2) is 0 Å². The highest BCUT2D eigenvalue weighted by molar-refractivity contribution is 5.77. The van der Waals surface area contributed by atoms with Gasteiger partial charge in [-0.3, -0.25) is 9.69 Å². The van der Waals surface area contributed by atoms with Crippen LogP contribution in [0, 0.1) is 20.8 Å². The topological polar surface area (TPSA) is 29.5 Å². The van der Waals surface area contributed by atoms with Gasteiger partial charge in [0.2, 0.25) is 0 Å². The van der Waals surface area contributed by atoms with E-state index in [1.54, 1.807) is 14.0 Å². The third-order valence-electron chi connectivity index (χ3n) is 3.66. The van der Waals surface area contributed by atoms with E-state index in [0.29, 0.717) is 6.54 Å². The Morgan fingerprint density at radius 3 is 2.42 bits per heavy atom. The zero-order chi connectivity index (χ0) is 14.6.